The molecule has 38 heavy (non-hydrogen) atoms. The van der Waals surface area contributed by atoms with Crippen molar-refractivity contribution in [3.8, 4) is 11.3 Å². The molecule has 1 N–H and O–H groups in total. The topological polar surface area (TPSA) is 115 Å². The third-order valence-corrected chi connectivity index (χ3v) is 5.84. The Hall–Kier alpha value is -4.80. The number of benzene rings is 1. The molecule has 4 aromatic heterocycles. The van der Waals surface area contributed by atoms with Gasteiger partial charge in [-0.05, 0) is 44.9 Å². The number of pyridine rings is 1. The van der Waals surface area contributed by atoms with Gasteiger partial charge in [0.2, 0.25) is 0 Å². The fraction of sp³-hybridized carbons (Fsp3) is 0.222. The number of carbonyl (C=O) groups excluding carboxylic acids is 1. The van der Waals surface area contributed by atoms with Crippen LogP contribution in [-0.4, -0.2) is 53.6 Å². The molecule has 0 saturated heterocycles. The Morgan fingerprint density at radius 2 is 1.92 bits per heavy atom. The Kier molecular flexibility index (Phi) is 6.27. The molecule has 0 atom stereocenters. The van der Waals surface area contributed by atoms with E-state index in [0.717, 1.165) is 21.7 Å². The van der Waals surface area contributed by atoms with E-state index >= 15 is 0 Å². The second-order valence-corrected chi connectivity index (χ2v) is 9.70. The molecule has 1 aromatic carbocycles. The number of fused-ring (bicyclic) bond motifs is 2. The van der Waals surface area contributed by atoms with Crippen LogP contribution in [0.2, 0.25) is 0 Å². The average Bonchev–Trinajstić information content (AvgIpc) is 3.48. The SMILES string of the molecule is CC(C)(C)OC(=O)N(CCc1cn(C(=O)O)c2ccccc12)c1cc(-c2cncc(F)c2)nc2ccnn12. The third-order valence-electron chi connectivity index (χ3n) is 5.84. The maximum absolute atomic E-state index is 13.9. The van der Waals surface area contributed by atoms with Crippen LogP contribution in [0.5, 0.6) is 0 Å². The summed E-state index contributed by atoms with van der Waals surface area (Å²) in [5, 5.41) is 14.8. The molecule has 0 bridgehead atoms. The zero-order valence-electron chi connectivity index (χ0n) is 21.0. The van der Waals surface area contributed by atoms with Gasteiger partial charge in [-0.3, -0.25) is 14.5 Å². The Labute approximate surface area is 216 Å². The highest BCUT2D eigenvalue weighted by Gasteiger charge is 2.27. The summed E-state index contributed by atoms with van der Waals surface area (Å²) in [5.74, 6) is -0.159. The van der Waals surface area contributed by atoms with Gasteiger partial charge in [0, 0.05) is 42.0 Å². The number of ether oxygens (including phenoxy) is 1. The molecule has 0 fully saturated rings. The van der Waals surface area contributed by atoms with E-state index in [2.05, 4.69) is 15.1 Å². The third kappa shape index (κ3) is 4.90. The number of carbonyl (C=O) groups is 2. The summed E-state index contributed by atoms with van der Waals surface area (Å²) >= 11 is 0. The van der Waals surface area contributed by atoms with Crippen LogP contribution in [0, 0.1) is 5.82 Å². The van der Waals surface area contributed by atoms with E-state index in [1.165, 1.54) is 21.7 Å². The number of anilines is 1. The number of halogens is 1. The molecular formula is C27H25FN6O4. The normalized spacial score (nSPS) is 11.7. The quantitative estimate of drug-likeness (QED) is 0.333. The van der Waals surface area contributed by atoms with Crippen molar-refractivity contribution >= 4 is 34.6 Å². The number of rotatable bonds is 5. The molecule has 5 aromatic rings. The fourth-order valence-corrected chi connectivity index (χ4v) is 4.25. The van der Waals surface area contributed by atoms with Crippen LogP contribution < -0.4 is 4.90 Å². The molecule has 5 rings (SSSR count). The van der Waals surface area contributed by atoms with Crippen LogP contribution in [0.25, 0.3) is 27.8 Å². The van der Waals surface area contributed by atoms with Gasteiger partial charge in [-0.25, -0.2) is 19.0 Å². The summed E-state index contributed by atoms with van der Waals surface area (Å²) in [6.45, 7) is 5.44. The molecule has 0 saturated carbocycles. The van der Waals surface area contributed by atoms with Gasteiger partial charge in [-0.1, -0.05) is 18.2 Å². The lowest BCUT2D eigenvalue weighted by Gasteiger charge is -2.28. The molecule has 1 amide bonds. The number of carboxylic acid groups (broad SMARTS) is 1. The Bertz CT molecular complexity index is 1670. The second-order valence-electron chi connectivity index (χ2n) is 9.70. The van der Waals surface area contributed by atoms with Crippen LogP contribution >= 0.6 is 0 Å². The highest BCUT2D eigenvalue weighted by atomic mass is 19.1. The van der Waals surface area contributed by atoms with Crippen molar-refractivity contribution in [2.45, 2.75) is 32.8 Å². The number of para-hydroxylation sites is 1. The van der Waals surface area contributed by atoms with Crippen LogP contribution in [0.15, 0.2) is 67.3 Å². The lowest BCUT2D eigenvalue weighted by molar-refractivity contribution is 0.0579. The molecular weight excluding hydrogens is 491 g/mol. The fourth-order valence-electron chi connectivity index (χ4n) is 4.25. The van der Waals surface area contributed by atoms with Gasteiger partial charge in [0.15, 0.2) is 5.65 Å². The van der Waals surface area contributed by atoms with E-state index in [1.54, 1.807) is 57.4 Å². The molecule has 0 unspecified atom stereocenters. The van der Waals surface area contributed by atoms with E-state index in [1.807, 2.05) is 12.1 Å². The largest absolute Gasteiger partial charge is 0.464 e. The first-order valence-corrected chi connectivity index (χ1v) is 11.9. The van der Waals surface area contributed by atoms with Gasteiger partial charge < -0.3 is 9.84 Å². The summed E-state index contributed by atoms with van der Waals surface area (Å²) in [7, 11) is 0. The van der Waals surface area contributed by atoms with E-state index in [0.29, 0.717) is 34.7 Å². The second kappa shape index (κ2) is 9.58. The molecule has 4 heterocycles. The molecule has 194 valence electrons. The number of aromatic nitrogens is 5. The lowest BCUT2D eigenvalue weighted by Crippen LogP contribution is -2.39. The van der Waals surface area contributed by atoms with E-state index < -0.39 is 23.6 Å². The van der Waals surface area contributed by atoms with E-state index in [9.17, 15) is 19.1 Å². The summed E-state index contributed by atoms with van der Waals surface area (Å²) in [4.78, 5) is 35.2. The molecule has 0 spiro atoms. The molecule has 10 nitrogen and oxygen atoms in total. The summed E-state index contributed by atoms with van der Waals surface area (Å²) in [5.41, 5.74) is 1.80. The molecule has 0 radical (unpaired) electrons. The van der Waals surface area contributed by atoms with Gasteiger partial charge in [-0.2, -0.15) is 9.61 Å². The van der Waals surface area contributed by atoms with Crippen molar-refractivity contribution in [2.24, 2.45) is 0 Å². The maximum Gasteiger partial charge on any atom is 0.416 e. The Balaban J connectivity index is 1.59. The van der Waals surface area contributed by atoms with E-state index in [4.69, 9.17) is 4.74 Å². The number of nitrogens with zero attached hydrogens (tertiary/aromatic N) is 6. The zero-order chi connectivity index (χ0) is 27.0. The molecule has 0 aliphatic heterocycles. The predicted octanol–water partition coefficient (Wildman–Crippen LogP) is 5.40. The summed E-state index contributed by atoms with van der Waals surface area (Å²) in [6.07, 6.45) is 4.29. The molecule has 0 aliphatic rings. The smallest absolute Gasteiger partial charge is 0.416 e. The zero-order valence-corrected chi connectivity index (χ0v) is 21.0. The van der Waals surface area contributed by atoms with Gasteiger partial charge in [0.1, 0.15) is 17.2 Å². The van der Waals surface area contributed by atoms with Crippen LogP contribution in [0.3, 0.4) is 0 Å². The average molecular weight is 517 g/mol. The minimum Gasteiger partial charge on any atom is -0.464 e. The Morgan fingerprint density at radius 3 is 2.66 bits per heavy atom. The van der Waals surface area contributed by atoms with Crippen LogP contribution in [-0.2, 0) is 11.2 Å². The van der Waals surface area contributed by atoms with Crippen molar-refractivity contribution < 1.29 is 23.8 Å². The monoisotopic (exact) mass is 516 g/mol. The maximum atomic E-state index is 13.9. The van der Waals surface area contributed by atoms with Crippen molar-refractivity contribution in [3.05, 3.63) is 78.6 Å². The minimum atomic E-state index is -1.10. The number of hydrogen-bond acceptors (Lipinski definition) is 6. The standard InChI is InChI=1S/C27H25FN6O4/c1-27(2,3)38-26(37)32(11-9-17-16-33(25(35)36)22-7-5-4-6-20(17)22)24-13-21(18-12-19(28)15-29-14-18)31-23-8-10-30-34(23)24/h4-8,10,12-16H,9,11H2,1-3H3,(H,35,36). The van der Waals surface area contributed by atoms with Gasteiger partial charge in [0.25, 0.3) is 0 Å². The van der Waals surface area contributed by atoms with E-state index in [-0.39, 0.29) is 6.54 Å². The minimum absolute atomic E-state index is 0.141. The van der Waals surface area contributed by atoms with Gasteiger partial charge in [0.05, 0.1) is 23.6 Å². The first kappa shape index (κ1) is 24.9. The highest BCUT2D eigenvalue weighted by Crippen LogP contribution is 2.28. The first-order valence-electron chi connectivity index (χ1n) is 11.9. The summed E-state index contributed by atoms with van der Waals surface area (Å²) < 4.78 is 22.3. The number of amides is 1. The van der Waals surface area contributed by atoms with Crippen LogP contribution in [0.4, 0.5) is 19.8 Å². The predicted molar refractivity (Wildman–Crippen MR) is 139 cm³/mol. The van der Waals surface area contributed by atoms with Gasteiger partial charge in [-0.15, -0.1) is 0 Å². The van der Waals surface area contributed by atoms with Crippen molar-refractivity contribution in [3.63, 3.8) is 0 Å². The molecule has 0 aliphatic carbocycles. The molecule has 11 heteroatoms. The lowest BCUT2D eigenvalue weighted by atomic mass is 10.1. The van der Waals surface area contributed by atoms with Crippen LogP contribution in [0.1, 0.15) is 26.3 Å². The first-order chi connectivity index (χ1) is 18.1. The van der Waals surface area contributed by atoms with Crippen molar-refractivity contribution in [1.29, 1.82) is 0 Å². The Morgan fingerprint density at radius 1 is 1.13 bits per heavy atom. The highest BCUT2D eigenvalue weighted by molar-refractivity contribution is 5.92. The van der Waals surface area contributed by atoms with Crippen molar-refractivity contribution in [2.75, 3.05) is 11.4 Å². The van der Waals surface area contributed by atoms with Gasteiger partial charge >= 0.3 is 12.2 Å². The summed E-state index contributed by atoms with van der Waals surface area (Å²) in [6, 6.07) is 11.8. The number of hydrogen-bond donors (Lipinski definition) is 1. The van der Waals surface area contributed by atoms with Crippen molar-refractivity contribution in [1.82, 2.24) is 24.1 Å².